The van der Waals surface area contributed by atoms with Gasteiger partial charge in [0, 0.05) is 27.7 Å². The molecule has 28 heavy (non-hydrogen) atoms. The summed E-state index contributed by atoms with van der Waals surface area (Å²) in [4.78, 5) is 0. The fraction of sp³-hybridized carbons (Fsp3) is 0.600. The van der Waals surface area contributed by atoms with Crippen molar-refractivity contribution in [2.45, 2.75) is 97.3 Å². The van der Waals surface area contributed by atoms with Crippen LogP contribution in [0, 0.1) is 13.8 Å². The lowest BCUT2D eigenvalue weighted by Gasteiger charge is -2.28. The van der Waals surface area contributed by atoms with Crippen molar-refractivity contribution in [2.75, 3.05) is 0 Å². The Kier molecular flexibility index (Phi) is 6.79. The highest BCUT2D eigenvalue weighted by Crippen LogP contribution is 2.60. The van der Waals surface area contributed by atoms with Crippen LogP contribution >= 0.6 is 15.8 Å². The third-order valence-electron chi connectivity index (χ3n) is 7.02. The first kappa shape index (κ1) is 22.1. The highest BCUT2D eigenvalue weighted by atomic mass is 31.1. The molecule has 1 aromatic carbocycles. The van der Waals surface area contributed by atoms with Crippen LogP contribution in [0.2, 0.25) is 0 Å². The summed E-state index contributed by atoms with van der Waals surface area (Å²) in [6.45, 7) is 15.0. The van der Waals surface area contributed by atoms with Crippen molar-refractivity contribution in [1.29, 1.82) is 0 Å². The van der Waals surface area contributed by atoms with E-state index >= 15 is 0 Å². The van der Waals surface area contributed by atoms with Crippen LogP contribution in [0.15, 0.2) is 30.3 Å². The van der Waals surface area contributed by atoms with Crippen LogP contribution in [0.3, 0.4) is 0 Å². The van der Waals surface area contributed by atoms with Gasteiger partial charge in [-0.1, -0.05) is 69.2 Å². The fourth-order valence-corrected chi connectivity index (χ4v) is 13.3. The summed E-state index contributed by atoms with van der Waals surface area (Å²) in [6, 6.07) is 11.1. The third-order valence-corrected chi connectivity index (χ3v) is 14.2. The highest BCUT2D eigenvalue weighted by Gasteiger charge is 2.41. The van der Waals surface area contributed by atoms with Gasteiger partial charge in [-0.25, -0.2) is 0 Å². The lowest BCUT2D eigenvalue weighted by molar-refractivity contribution is 0.777. The van der Waals surface area contributed by atoms with Crippen LogP contribution in [-0.2, 0) is 0 Å². The Labute approximate surface area is 175 Å². The summed E-state index contributed by atoms with van der Waals surface area (Å²) >= 11 is 0. The van der Waals surface area contributed by atoms with Crippen molar-refractivity contribution < 1.29 is 0 Å². The largest absolute Gasteiger partial charge is 0.317 e. The zero-order valence-electron chi connectivity index (χ0n) is 17.9. The number of benzene rings is 1. The molecule has 0 amide bonds. The molecule has 2 aliphatic rings. The summed E-state index contributed by atoms with van der Waals surface area (Å²) in [7, 11) is -0.0977. The van der Waals surface area contributed by atoms with E-state index in [1.165, 1.54) is 31.4 Å². The molecule has 0 aliphatic carbocycles. The van der Waals surface area contributed by atoms with Gasteiger partial charge in [0.25, 0.3) is 0 Å². The summed E-state index contributed by atoms with van der Waals surface area (Å²) < 4.78 is 2.60. The second-order valence-corrected chi connectivity index (χ2v) is 15.0. The van der Waals surface area contributed by atoms with Gasteiger partial charge in [0.15, 0.2) is 0 Å². The van der Waals surface area contributed by atoms with Gasteiger partial charge in [0.1, 0.15) is 0 Å². The van der Waals surface area contributed by atoms with Crippen molar-refractivity contribution in [3.05, 3.63) is 41.7 Å². The van der Waals surface area contributed by atoms with Gasteiger partial charge in [-0.15, -0.1) is 0 Å². The molecule has 0 N–H and O–H groups in total. The molecule has 4 rings (SSSR count). The Morgan fingerprint density at radius 3 is 1.39 bits per heavy atom. The van der Waals surface area contributed by atoms with E-state index in [0.717, 1.165) is 22.6 Å². The van der Waals surface area contributed by atoms with Gasteiger partial charge in [-0.3, -0.25) is 0 Å². The molecule has 4 atom stereocenters. The van der Waals surface area contributed by atoms with Crippen LogP contribution in [0.4, 0.5) is 0 Å². The van der Waals surface area contributed by atoms with E-state index < -0.39 is 0 Å². The number of aromatic nitrogens is 1. The average Bonchev–Trinajstić information content (AvgIpc) is 3.23. The molecule has 3 heterocycles. The molecular formula is C25H39NP2. The van der Waals surface area contributed by atoms with Crippen LogP contribution in [0.1, 0.15) is 72.2 Å². The molecule has 2 aromatic rings. The van der Waals surface area contributed by atoms with E-state index in [2.05, 4.69) is 76.4 Å². The lowest BCUT2D eigenvalue weighted by atomic mass is 10.2. The van der Waals surface area contributed by atoms with Crippen molar-refractivity contribution in [3.8, 4) is 5.69 Å². The topological polar surface area (TPSA) is 4.93 Å². The molecule has 0 saturated carbocycles. The van der Waals surface area contributed by atoms with E-state index in [4.69, 9.17) is 0 Å². The number of rotatable bonds is 3. The standard InChI is InChI=1S/C24H35NP2.CH4/c1-16-12-13-17(2)26(16)23-20(5)25(22-10-8-7-9-11-22)21(6)24(23)27-18(3)14-15-19(27)4;/h7-11,16-19H,12-15H2,1-6H3;1H4/t16-,17-,18-,19-;/m1./s1. The molecule has 3 heteroatoms. The Morgan fingerprint density at radius 2 is 1.04 bits per heavy atom. The SMILES string of the molecule is C.Cc1c(P2[C@H](C)CC[C@H]2C)c(P2[C@H](C)CC[C@H]2C)c(C)n1-c1ccccc1. The Balaban J connectivity index is 0.00000225. The minimum Gasteiger partial charge on any atom is -0.317 e. The van der Waals surface area contributed by atoms with Gasteiger partial charge in [-0.2, -0.15) is 0 Å². The molecule has 0 spiro atoms. The number of hydrogen-bond donors (Lipinski definition) is 0. The fourth-order valence-electron chi connectivity index (χ4n) is 5.66. The number of nitrogens with zero attached hydrogens (tertiary/aromatic N) is 1. The molecule has 2 fully saturated rings. The molecular weight excluding hydrogens is 376 g/mol. The third kappa shape index (κ3) is 3.52. The maximum atomic E-state index is 2.60. The van der Waals surface area contributed by atoms with Crippen LogP contribution in [0.25, 0.3) is 5.69 Å². The molecule has 2 aliphatic heterocycles. The minimum atomic E-state index is -0.0489. The zero-order chi connectivity index (χ0) is 19.3. The van der Waals surface area contributed by atoms with E-state index in [-0.39, 0.29) is 23.3 Å². The quantitative estimate of drug-likeness (QED) is 0.472. The molecule has 1 nitrogen and oxygen atoms in total. The van der Waals surface area contributed by atoms with Crippen LogP contribution < -0.4 is 10.6 Å². The molecule has 0 radical (unpaired) electrons. The Morgan fingerprint density at radius 1 is 0.679 bits per heavy atom. The Hall–Kier alpha value is -0.640. The zero-order valence-corrected chi connectivity index (χ0v) is 19.7. The second-order valence-electron chi connectivity index (χ2n) is 8.90. The monoisotopic (exact) mass is 415 g/mol. The van der Waals surface area contributed by atoms with E-state index in [0.29, 0.717) is 0 Å². The highest BCUT2D eigenvalue weighted by molar-refractivity contribution is 7.73. The van der Waals surface area contributed by atoms with E-state index in [9.17, 15) is 0 Å². The predicted molar refractivity (Wildman–Crippen MR) is 131 cm³/mol. The summed E-state index contributed by atoms with van der Waals surface area (Å²) in [6.07, 6.45) is 5.68. The van der Waals surface area contributed by atoms with Crippen molar-refractivity contribution >= 4 is 26.5 Å². The molecule has 2 saturated heterocycles. The van der Waals surface area contributed by atoms with E-state index in [1.807, 2.05) is 10.6 Å². The van der Waals surface area contributed by atoms with Gasteiger partial charge in [-0.05, 0) is 74.3 Å². The summed E-state index contributed by atoms with van der Waals surface area (Å²) in [5, 5.41) is 3.63. The average molecular weight is 416 g/mol. The number of hydrogen-bond acceptors (Lipinski definition) is 0. The van der Waals surface area contributed by atoms with Gasteiger partial charge in [0.2, 0.25) is 0 Å². The first-order chi connectivity index (χ1) is 12.9. The van der Waals surface area contributed by atoms with Gasteiger partial charge in [0.05, 0.1) is 0 Å². The van der Waals surface area contributed by atoms with Crippen LogP contribution in [-0.4, -0.2) is 27.2 Å². The van der Waals surface area contributed by atoms with Crippen LogP contribution in [0.5, 0.6) is 0 Å². The maximum Gasteiger partial charge on any atom is 0.0455 e. The van der Waals surface area contributed by atoms with Gasteiger partial charge < -0.3 is 4.57 Å². The normalized spacial score (nSPS) is 28.6. The maximum absolute atomic E-state index is 2.60. The molecule has 0 unspecified atom stereocenters. The second kappa shape index (κ2) is 8.62. The first-order valence-corrected chi connectivity index (χ1v) is 13.7. The minimum absolute atomic E-state index is 0. The smallest absolute Gasteiger partial charge is 0.0455 e. The predicted octanol–water partition coefficient (Wildman–Crippen LogP) is 7.09. The lowest BCUT2D eigenvalue weighted by Crippen LogP contribution is -2.28. The molecule has 0 bridgehead atoms. The van der Waals surface area contributed by atoms with Gasteiger partial charge >= 0.3 is 0 Å². The van der Waals surface area contributed by atoms with Crippen molar-refractivity contribution in [3.63, 3.8) is 0 Å². The summed E-state index contributed by atoms with van der Waals surface area (Å²) in [5.74, 6) is 0. The number of para-hydroxylation sites is 1. The summed E-state index contributed by atoms with van der Waals surface area (Å²) in [5.41, 5.74) is 7.96. The van der Waals surface area contributed by atoms with Crippen molar-refractivity contribution in [1.82, 2.24) is 4.57 Å². The molecule has 1 aromatic heterocycles. The van der Waals surface area contributed by atoms with E-state index in [1.54, 1.807) is 11.4 Å². The molecule has 154 valence electrons. The van der Waals surface area contributed by atoms with Crippen molar-refractivity contribution in [2.24, 2.45) is 0 Å². The Bertz CT molecular complexity index is 742. The first-order valence-electron chi connectivity index (χ1n) is 10.8.